The zero-order valence-corrected chi connectivity index (χ0v) is 13.5. The second-order valence-electron chi connectivity index (χ2n) is 4.51. The summed E-state index contributed by atoms with van der Waals surface area (Å²) in [4.78, 5) is 0. The molecule has 0 saturated heterocycles. The van der Waals surface area contributed by atoms with Crippen LogP contribution in [0.25, 0.3) is 0 Å². The Morgan fingerprint density at radius 1 is 1.00 bits per heavy atom. The highest BCUT2D eigenvalue weighted by Gasteiger charge is 2.04. The van der Waals surface area contributed by atoms with Gasteiger partial charge >= 0.3 is 0 Å². The van der Waals surface area contributed by atoms with Crippen molar-refractivity contribution in [3.05, 3.63) is 52.0 Å². The molecule has 0 amide bonds. The lowest BCUT2D eigenvalue weighted by Crippen LogP contribution is -2.00. The quantitative estimate of drug-likeness (QED) is 0.879. The van der Waals surface area contributed by atoms with E-state index in [1.54, 1.807) is 14.2 Å². The molecule has 0 aliphatic carbocycles. The van der Waals surface area contributed by atoms with Crippen molar-refractivity contribution in [3.63, 3.8) is 0 Å². The standard InChI is InChI=1S/C16H18BrNO2/c1-11-4-5-12(8-14(11)17)10-18-13-6-7-15(19-2)16(9-13)20-3/h4-9,18H,10H2,1-3H3. The smallest absolute Gasteiger partial charge is 0.162 e. The molecule has 2 rings (SSSR count). The molecule has 0 aliphatic heterocycles. The van der Waals surface area contributed by atoms with Crippen molar-refractivity contribution in [1.29, 1.82) is 0 Å². The summed E-state index contributed by atoms with van der Waals surface area (Å²) in [5.41, 5.74) is 3.46. The summed E-state index contributed by atoms with van der Waals surface area (Å²) >= 11 is 3.55. The number of methoxy groups -OCH3 is 2. The predicted molar refractivity (Wildman–Crippen MR) is 85.8 cm³/mol. The molecule has 1 N–H and O–H groups in total. The van der Waals surface area contributed by atoms with Gasteiger partial charge in [-0.05, 0) is 36.2 Å². The van der Waals surface area contributed by atoms with Crippen molar-refractivity contribution in [2.45, 2.75) is 13.5 Å². The summed E-state index contributed by atoms with van der Waals surface area (Å²) < 4.78 is 11.6. The molecule has 0 unspecified atom stereocenters. The average molecular weight is 336 g/mol. The second kappa shape index (κ2) is 6.66. The third-order valence-electron chi connectivity index (χ3n) is 3.12. The van der Waals surface area contributed by atoms with Crippen LogP contribution in [0.3, 0.4) is 0 Å². The van der Waals surface area contributed by atoms with E-state index in [-0.39, 0.29) is 0 Å². The number of benzene rings is 2. The van der Waals surface area contributed by atoms with Gasteiger partial charge in [-0.2, -0.15) is 0 Å². The molecule has 2 aromatic carbocycles. The SMILES string of the molecule is COc1ccc(NCc2ccc(C)c(Br)c2)cc1OC. The van der Waals surface area contributed by atoms with Gasteiger partial charge in [-0.15, -0.1) is 0 Å². The monoisotopic (exact) mass is 335 g/mol. The van der Waals surface area contributed by atoms with Crippen molar-refractivity contribution in [2.75, 3.05) is 19.5 Å². The molecular weight excluding hydrogens is 318 g/mol. The third-order valence-corrected chi connectivity index (χ3v) is 3.97. The molecule has 0 aliphatic rings. The summed E-state index contributed by atoms with van der Waals surface area (Å²) in [6, 6.07) is 12.2. The summed E-state index contributed by atoms with van der Waals surface area (Å²) in [5, 5.41) is 3.38. The van der Waals surface area contributed by atoms with Gasteiger partial charge in [-0.25, -0.2) is 0 Å². The van der Waals surface area contributed by atoms with E-state index in [4.69, 9.17) is 9.47 Å². The van der Waals surface area contributed by atoms with Crippen LogP contribution < -0.4 is 14.8 Å². The van der Waals surface area contributed by atoms with Gasteiger partial charge in [0.1, 0.15) is 0 Å². The lowest BCUT2D eigenvalue weighted by atomic mass is 10.1. The molecule has 2 aromatic rings. The van der Waals surface area contributed by atoms with Gasteiger partial charge in [-0.3, -0.25) is 0 Å². The van der Waals surface area contributed by atoms with E-state index in [1.807, 2.05) is 18.2 Å². The Morgan fingerprint density at radius 3 is 2.40 bits per heavy atom. The van der Waals surface area contributed by atoms with Gasteiger partial charge < -0.3 is 14.8 Å². The number of anilines is 1. The molecule has 0 bridgehead atoms. The van der Waals surface area contributed by atoms with Crippen molar-refractivity contribution >= 4 is 21.6 Å². The first-order valence-corrected chi connectivity index (χ1v) is 7.14. The zero-order chi connectivity index (χ0) is 14.5. The predicted octanol–water partition coefficient (Wildman–Crippen LogP) is 4.39. The largest absolute Gasteiger partial charge is 0.493 e. The van der Waals surface area contributed by atoms with Gasteiger partial charge in [0.2, 0.25) is 0 Å². The Bertz CT molecular complexity index is 599. The molecule has 0 radical (unpaired) electrons. The molecule has 4 heteroatoms. The van der Waals surface area contributed by atoms with Gasteiger partial charge in [0.15, 0.2) is 11.5 Å². The van der Waals surface area contributed by atoms with E-state index in [0.717, 1.165) is 28.2 Å². The molecule has 0 atom stereocenters. The van der Waals surface area contributed by atoms with E-state index in [0.29, 0.717) is 0 Å². The first-order chi connectivity index (χ1) is 9.63. The lowest BCUT2D eigenvalue weighted by Gasteiger charge is -2.11. The van der Waals surface area contributed by atoms with Crippen LogP contribution in [0.5, 0.6) is 11.5 Å². The number of nitrogens with one attached hydrogen (secondary N) is 1. The first kappa shape index (κ1) is 14.7. The number of hydrogen-bond donors (Lipinski definition) is 1. The minimum Gasteiger partial charge on any atom is -0.493 e. The number of ether oxygens (including phenoxy) is 2. The zero-order valence-electron chi connectivity index (χ0n) is 11.9. The lowest BCUT2D eigenvalue weighted by molar-refractivity contribution is 0.355. The van der Waals surface area contributed by atoms with E-state index >= 15 is 0 Å². The molecule has 0 fully saturated rings. The Morgan fingerprint density at radius 2 is 1.75 bits per heavy atom. The second-order valence-corrected chi connectivity index (χ2v) is 5.36. The summed E-state index contributed by atoms with van der Waals surface area (Å²) in [6.07, 6.45) is 0. The van der Waals surface area contributed by atoms with Crippen molar-refractivity contribution in [2.24, 2.45) is 0 Å². The van der Waals surface area contributed by atoms with E-state index in [2.05, 4.69) is 46.4 Å². The third kappa shape index (κ3) is 3.45. The number of halogens is 1. The van der Waals surface area contributed by atoms with Gasteiger partial charge in [0.25, 0.3) is 0 Å². The molecule has 0 aromatic heterocycles. The fourth-order valence-corrected chi connectivity index (χ4v) is 2.32. The van der Waals surface area contributed by atoms with Crippen LogP contribution in [0.1, 0.15) is 11.1 Å². The summed E-state index contributed by atoms with van der Waals surface area (Å²) in [7, 11) is 3.27. The maximum atomic E-state index is 5.29. The molecule has 20 heavy (non-hydrogen) atoms. The van der Waals surface area contributed by atoms with Crippen molar-refractivity contribution in [3.8, 4) is 11.5 Å². The van der Waals surface area contributed by atoms with E-state index < -0.39 is 0 Å². The Labute approximate surface area is 128 Å². The molecule has 3 nitrogen and oxygen atoms in total. The maximum Gasteiger partial charge on any atom is 0.162 e. The first-order valence-electron chi connectivity index (χ1n) is 6.35. The Balaban J connectivity index is 2.08. The fraction of sp³-hybridized carbons (Fsp3) is 0.250. The molecule has 0 spiro atoms. The molecule has 0 saturated carbocycles. The number of aryl methyl sites for hydroxylation is 1. The summed E-state index contributed by atoms with van der Waals surface area (Å²) in [6.45, 7) is 2.84. The highest BCUT2D eigenvalue weighted by Crippen LogP contribution is 2.30. The normalized spacial score (nSPS) is 10.2. The maximum absolute atomic E-state index is 5.29. The van der Waals surface area contributed by atoms with Gasteiger partial charge in [0, 0.05) is 22.8 Å². The van der Waals surface area contributed by atoms with Crippen molar-refractivity contribution < 1.29 is 9.47 Å². The minimum atomic E-state index is 0.725. The van der Waals surface area contributed by atoms with Gasteiger partial charge in [-0.1, -0.05) is 28.1 Å². The number of hydrogen-bond acceptors (Lipinski definition) is 3. The van der Waals surface area contributed by atoms with Crippen LogP contribution in [0, 0.1) is 6.92 Å². The highest BCUT2D eigenvalue weighted by molar-refractivity contribution is 9.10. The Kier molecular flexibility index (Phi) is 4.90. The molecular formula is C16H18BrNO2. The highest BCUT2D eigenvalue weighted by atomic mass is 79.9. The Hall–Kier alpha value is -1.68. The van der Waals surface area contributed by atoms with Crippen LogP contribution in [-0.2, 0) is 6.54 Å². The van der Waals surface area contributed by atoms with Crippen LogP contribution in [0.15, 0.2) is 40.9 Å². The van der Waals surface area contributed by atoms with Crippen LogP contribution in [-0.4, -0.2) is 14.2 Å². The average Bonchev–Trinajstić information content (AvgIpc) is 2.48. The van der Waals surface area contributed by atoms with Crippen LogP contribution in [0.2, 0.25) is 0 Å². The van der Waals surface area contributed by atoms with Crippen LogP contribution >= 0.6 is 15.9 Å². The molecule has 0 heterocycles. The molecule has 106 valence electrons. The van der Waals surface area contributed by atoms with Gasteiger partial charge in [0.05, 0.1) is 14.2 Å². The minimum absolute atomic E-state index is 0.725. The van der Waals surface area contributed by atoms with Crippen molar-refractivity contribution in [1.82, 2.24) is 0 Å². The van der Waals surface area contributed by atoms with E-state index in [9.17, 15) is 0 Å². The number of rotatable bonds is 5. The topological polar surface area (TPSA) is 30.5 Å². The van der Waals surface area contributed by atoms with Crippen LogP contribution in [0.4, 0.5) is 5.69 Å². The summed E-state index contributed by atoms with van der Waals surface area (Å²) in [5.74, 6) is 1.46. The fourth-order valence-electron chi connectivity index (χ4n) is 1.90. The van der Waals surface area contributed by atoms with E-state index in [1.165, 1.54) is 11.1 Å².